The third-order valence-corrected chi connectivity index (χ3v) is 5.37. The number of rotatable bonds is 5. The lowest BCUT2D eigenvalue weighted by Gasteiger charge is -2.22. The average molecular weight is 416 g/mol. The Kier molecular flexibility index (Phi) is 5.95. The minimum absolute atomic E-state index is 0.131. The Morgan fingerprint density at radius 3 is 2.58 bits per heavy atom. The number of aromatic amines is 1. The van der Waals surface area contributed by atoms with Crippen molar-refractivity contribution in [3.8, 4) is 0 Å². The molecule has 2 amide bonds. The molecular formula is C24H24N4O3. The number of methoxy groups -OCH3 is 1. The lowest BCUT2D eigenvalue weighted by atomic mass is 10.1. The Morgan fingerprint density at radius 1 is 1.10 bits per heavy atom. The standard InChI is InChI=1S/C24H24N4O3/c1-16-10-6-3-4-9-13-18(16)23(29)25-22-19-14-28(15-20(19)26-27-22)24(30)21(31-2)17-11-7-5-8-12-17/h3-13,21H,14-15H2,1-2H3,(H2,25,26,27,29)/b4-3-,6-3?,9-4?,10-6-,13-9-,16-10?,18-13?,18-16+. The molecule has 1 unspecified atom stereocenters. The van der Waals surface area contributed by atoms with Gasteiger partial charge in [0.1, 0.15) is 0 Å². The number of hydrogen-bond donors (Lipinski definition) is 2. The zero-order valence-corrected chi connectivity index (χ0v) is 17.5. The van der Waals surface area contributed by atoms with E-state index < -0.39 is 6.10 Å². The van der Waals surface area contributed by atoms with Gasteiger partial charge in [-0.15, -0.1) is 0 Å². The predicted molar refractivity (Wildman–Crippen MR) is 118 cm³/mol. The van der Waals surface area contributed by atoms with Gasteiger partial charge in [-0.25, -0.2) is 0 Å². The Bertz CT molecular complexity index is 1110. The highest BCUT2D eigenvalue weighted by atomic mass is 16.5. The Hall–Kier alpha value is -3.71. The molecule has 0 bridgehead atoms. The maximum atomic E-state index is 13.1. The fourth-order valence-electron chi connectivity index (χ4n) is 3.70. The molecule has 1 aliphatic carbocycles. The Balaban J connectivity index is 1.49. The fraction of sp³-hybridized carbons (Fsp3) is 0.208. The number of benzene rings is 1. The molecule has 1 aromatic carbocycles. The summed E-state index contributed by atoms with van der Waals surface area (Å²) in [7, 11) is 1.53. The first-order valence-electron chi connectivity index (χ1n) is 10.0. The second kappa shape index (κ2) is 8.97. The minimum Gasteiger partial charge on any atom is -0.367 e. The van der Waals surface area contributed by atoms with Gasteiger partial charge in [0.25, 0.3) is 11.8 Å². The van der Waals surface area contributed by atoms with Gasteiger partial charge in [0, 0.05) is 18.2 Å². The van der Waals surface area contributed by atoms with E-state index in [1.165, 1.54) is 7.11 Å². The zero-order valence-electron chi connectivity index (χ0n) is 17.5. The van der Waals surface area contributed by atoms with Crippen molar-refractivity contribution < 1.29 is 14.3 Å². The third kappa shape index (κ3) is 4.27. The third-order valence-electron chi connectivity index (χ3n) is 5.37. The maximum Gasteiger partial charge on any atom is 0.257 e. The van der Waals surface area contributed by atoms with E-state index in [0.717, 1.165) is 22.4 Å². The molecule has 158 valence electrons. The topological polar surface area (TPSA) is 87.3 Å². The summed E-state index contributed by atoms with van der Waals surface area (Å²) < 4.78 is 5.48. The summed E-state index contributed by atoms with van der Waals surface area (Å²) in [6.07, 6.45) is 10.5. The van der Waals surface area contributed by atoms with Gasteiger partial charge in [-0.1, -0.05) is 60.7 Å². The van der Waals surface area contributed by atoms with E-state index in [9.17, 15) is 9.59 Å². The molecule has 31 heavy (non-hydrogen) atoms. The fourth-order valence-corrected chi connectivity index (χ4v) is 3.70. The predicted octanol–water partition coefficient (Wildman–Crippen LogP) is 3.58. The highest BCUT2D eigenvalue weighted by Crippen LogP contribution is 2.30. The van der Waals surface area contributed by atoms with E-state index in [-0.39, 0.29) is 11.8 Å². The number of nitrogens with one attached hydrogen (secondary N) is 2. The van der Waals surface area contributed by atoms with Crippen molar-refractivity contribution in [2.24, 2.45) is 0 Å². The van der Waals surface area contributed by atoms with Crippen LogP contribution in [0.4, 0.5) is 5.82 Å². The summed E-state index contributed by atoms with van der Waals surface area (Å²) in [4.78, 5) is 27.7. The van der Waals surface area contributed by atoms with E-state index in [2.05, 4.69) is 15.5 Å². The van der Waals surface area contributed by atoms with Crippen LogP contribution in [0.3, 0.4) is 0 Å². The first kappa shape index (κ1) is 20.6. The average Bonchev–Trinajstić information content (AvgIpc) is 3.34. The van der Waals surface area contributed by atoms with Crippen molar-refractivity contribution in [3.63, 3.8) is 0 Å². The molecule has 4 rings (SSSR count). The van der Waals surface area contributed by atoms with Gasteiger partial charge in [-0.3, -0.25) is 14.7 Å². The van der Waals surface area contributed by atoms with Crippen LogP contribution in [-0.2, 0) is 27.4 Å². The summed E-state index contributed by atoms with van der Waals surface area (Å²) in [5.41, 5.74) is 3.85. The quantitative estimate of drug-likeness (QED) is 0.780. The molecule has 0 spiro atoms. The Morgan fingerprint density at radius 2 is 1.84 bits per heavy atom. The van der Waals surface area contributed by atoms with E-state index >= 15 is 0 Å². The van der Waals surface area contributed by atoms with Crippen LogP contribution >= 0.6 is 0 Å². The van der Waals surface area contributed by atoms with E-state index in [0.29, 0.717) is 24.5 Å². The SMILES string of the molecule is COC(C(=O)N1Cc2[nH]nc(NC(=O)C3=C(C)/C=C\C=C/C=C\3)c2C1)c1ccccc1. The molecule has 2 heterocycles. The number of anilines is 1. The lowest BCUT2D eigenvalue weighted by Crippen LogP contribution is -2.32. The molecule has 0 fully saturated rings. The smallest absolute Gasteiger partial charge is 0.257 e. The number of fused-ring (bicyclic) bond motifs is 1. The molecule has 1 atom stereocenters. The molecule has 1 aromatic heterocycles. The molecule has 2 N–H and O–H groups in total. The first-order chi connectivity index (χ1) is 15.1. The van der Waals surface area contributed by atoms with Crippen molar-refractivity contribution in [1.82, 2.24) is 15.1 Å². The number of amides is 2. The second-order valence-corrected chi connectivity index (χ2v) is 7.40. The number of aromatic nitrogens is 2. The summed E-state index contributed by atoms with van der Waals surface area (Å²) in [5, 5.41) is 10.1. The molecule has 7 heteroatoms. The highest BCUT2D eigenvalue weighted by molar-refractivity contribution is 6.06. The number of allylic oxidation sites excluding steroid dienone is 6. The number of H-pyrrole nitrogens is 1. The number of carbonyl (C=O) groups is 2. The van der Waals surface area contributed by atoms with Crippen LogP contribution in [0.2, 0.25) is 0 Å². The van der Waals surface area contributed by atoms with Crippen molar-refractivity contribution in [1.29, 1.82) is 0 Å². The van der Waals surface area contributed by atoms with Crippen molar-refractivity contribution in [2.45, 2.75) is 26.1 Å². The van der Waals surface area contributed by atoms with E-state index in [1.54, 1.807) is 11.0 Å². The summed E-state index contributed by atoms with van der Waals surface area (Å²) in [6, 6.07) is 9.40. The molecule has 2 aliphatic rings. The normalized spacial score (nSPS) is 21.5. The number of ether oxygens (including phenoxy) is 1. The number of carbonyl (C=O) groups excluding carboxylic acids is 2. The van der Waals surface area contributed by atoms with Crippen LogP contribution in [0.5, 0.6) is 0 Å². The second-order valence-electron chi connectivity index (χ2n) is 7.40. The molecular weight excluding hydrogens is 392 g/mol. The van der Waals surface area contributed by atoms with Crippen LogP contribution < -0.4 is 5.32 Å². The number of nitrogens with zero attached hydrogens (tertiary/aromatic N) is 2. The van der Waals surface area contributed by atoms with E-state index in [4.69, 9.17) is 4.74 Å². The molecule has 2 aromatic rings. The van der Waals surface area contributed by atoms with Gasteiger partial charge in [0.05, 0.1) is 18.8 Å². The van der Waals surface area contributed by atoms with Crippen molar-refractivity contribution in [3.05, 3.63) is 94.8 Å². The monoisotopic (exact) mass is 416 g/mol. The Labute approximate surface area is 180 Å². The summed E-state index contributed by atoms with van der Waals surface area (Å²) in [6.45, 7) is 2.63. The van der Waals surface area contributed by atoms with Crippen molar-refractivity contribution in [2.75, 3.05) is 12.4 Å². The first-order valence-corrected chi connectivity index (χ1v) is 10.0. The van der Waals surface area contributed by atoms with Crippen LogP contribution in [-0.4, -0.2) is 34.0 Å². The van der Waals surface area contributed by atoms with Gasteiger partial charge in [0.15, 0.2) is 11.9 Å². The lowest BCUT2D eigenvalue weighted by molar-refractivity contribution is -0.143. The number of hydrogen-bond acceptors (Lipinski definition) is 4. The van der Waals surface area contributed by atoms with Gasteiger partial charge < -0.3 is 15.0 Å². The van der Waals surface area contributed by atoms with E-state index in [1.807, 2.05) is 67.6 Å². The summed E-state index contributed by atoms with van der Waals surface area (Å²) >= 11 is 0. The van der Waals surface area contributed by atoms with Gasteiger partial charge in [-0.2, -0.15) is 5.10 Å². The van der Waals surface area contributed by atoms with Crippen LogP contribution in [0.1, 0.15) is 29.8 Å². The molecule has 7 nitrogen and oxygen atoms in total. The van der Waals surface area contributed by atoms with Gasteiger partial charge in [-0.05, 0) is 24.1 Å². The molecule has 0 saturated carbocycles. The zero-order chi connectivity index (χ0) is 21.8. The molecule has 0 saturated heterocycles. The summed E-state index contributed by atoms with van der Waals surface area (Å²) in [5.74, 6) is 0.0695. The van der Waals surface area contributed by atoms with Crippen LogP contribution in [0.25, 0.3) is 0 Å². The van der Waals surface area contributed by atoms with Crippen LogP contribution in [0.15, 0.2) is 77.9 Å². The van der Waals surface area contributed by atoms with Gasteiger partial charge in [0.2, 0.25) is 0 Å². The van der Waals surface area contributed by atoms with Crippen molar-refractivity contribution >= 4 is 17.6 Å². The largest absolute Gasteiger partial charge is 0.367 e. The van der Waals surface area contributed by atoms with Gasteiger partial charge >= 0.3 is 0 Å². The highest BCUT2D eigenvalue weighted by Gasteiger charge is 2.33. The molecule has 0 radical (unpaired) electrons. The minimum atomic E-state index is -0.677. The van der Waals surface area contributed by atoms with Crippen LogP contribution in [0, 0.1) is 0 Å². The molecule has 1 aliphatic heterocycles. The maximum absolute atomic E-state index is 13.1.